The van der Waals surface area contributed by atoms with Crippen molar-refractivity contribution < 1.29 is 10.0 Å². The number of rotatable bonds is 7. The van der Waals surface area contributed by atoms with Crippen LogP contribution < -0.4 is 5.32 Å². The monoisotopic (exact) mass is 274 g/mol. The highest BCUT2D eigenvalue weighted by Gasteiger charge is 2.21. The minimum Gasteiger partial charge on any atom is -0.396 e. The highest BCUT2D eigenvalue weighted by Crippen LogP contribution is 2.28. The van der Waals surface area contributed by atoms with Crippen molar-refractivity contribution in [2.45, 2.75) is 19.8 Å². The van der Waals surface area contributed by atoms with Gasteiger partial charge in [-0.25, -0.2) is 9.97 Å². The quantitative estimate of drug-likeness (QED) is 0.447. The first-order valence-electron chi connectivity index (χ1n) is 5.59. The lowest BCUT2D eigenvalue weighted by Crippen LogP contribution is -2.16. The van der Waals surface area contributed by atoms with Gasteiger partial charge in [-0.3, -0.25) is 10.1 Å². The molecule has 0 saturated carbocycles. The van der Waals surface area contributed by atoms with Crippen molar-refractivity contribution in [3.63, 3.8) is 0 Å². The molecule has 1 heterocycles. The SMILES string of the molecule is CCC(CCO)CNc1ncnc(Cl)c1[N+](=O)[O-]. The second kappa shape index (κ2) is 7.07. The first kappa shape index (κ1) is 14.6. The van der Waals surface area contributed by atoms with E-state index in [9.17, 15) is 10.1 Å². The summed E-state index contributed by atoms with van der Waals surface area (Å²) in [6.07, 6.45) is 2.67. The van der Waals surface area contributed by atoms with Gasteiger partial charge in [-0.15, -0.1) is 0 Å². The van der Waals surface area contributed by atoms with Crippen LogP contribution in [0, 0.1) is 16.0 Å². The lowest BCUT2D eigenvalue weighted by Gasteiger charge is -2.14. The van der Waals surface area contributed by atoms with Gasteiger partial charge in [0.05, 0.1) is 4.92 Å². The average Bonchev–Trinajstić information content (AvgIpc) is 2.33. The lowest BCUT2D eigenvalue weighted by atomic mass is 10.0. The molecule has 7 nitrogen and oxygen atoms in total. The normalized spacial score (nSPS) is 12.2. The predicted octanol–water partition coefficient (Wildman–Crippen LogP) is 1.86. The zero-order valence-electron chi connectivity index (χ0n) is 9.97. The van der Waals surface area contributed by atoms with Gasteiger partial charge in [0.2, 0.25) is 11.0 Å². The fraction of sp³-hybridized carbons (Fsp3) is 0.600. The van der Waals surface area contributed by atoms with Gasteiger partial charge in [-0.05, 0) is 12.3 Å². The molecule has 1 unspecified atom stereocenters. The van der Waals surface area contributed by atoms with Crippen molar-refractivity contribution in [2.75, 3.05) is 18.5 Å². The van der Waals surface area contributed by atoms with Gasteiger partial charge in [0.1, 0.15) is 6.33 Å². The number of halogens is 1. The molecule has 1 aromatic heterocycles. The van der Waals surface area contributed by atoms with E-state index in [0.29, 0.717) is 13.0 Å². The van der Waals surface area contributed by atoms with Crippen LogP contribution in [0.1, 0.15) is 19.8 Å². The van der Waals surface area contributed by atoms with Gasteiger partial charge < -0.3 is 10.4 Å². The van der Waals surface area contributed by atoms with Gasteiger partial charge in [-0.2, -0.15) is 0 Å². The molecule has 0 radical (unpaired) electrons. The maximum atomic E-state index is 10.8. The van der Waals surface area contributed by atoms with E-state index in [1.807, 2.05) is 6.92 Å². The summed E-state index contributed by atoms with van der Waals surface area (Å²) in [5, 5.41) is 22.4. The Morgan fingerprint density at radius 1 is 1.61 bits per heavy atom. The van der Waals surface area contributed by atoms with Crippen LogP contribution >= 0.6 is 11.6 Å². The van der Waals surface area contributed by atoms with Gasteiger partial charge in [-0.1, -0.05) is 24.9 Å². The molecule has 0 spiro atoms. The summed E-state index contributed by atoms with van der Waals surface area (Å²) in [7, 11) is 0. The van der Waals surface area contributed by atoms with E-state index in [0.717, 1.165) is 6.42 Å². The second-order valence-corrected chi connectivity index (χ2v) is 4.14. The molecule has 0 saturated heterocycles. The first-order valence-corrected chi connectivity index (χ1v) is 5.97. The van der Waals surface area contributed by atoms with Crippen LogP contribution in [0.2, 0.25) is 5.15 Å². The summed E-state index contributed by atoms with van der Waals surface area (Å²) in [6.45, 7) is 2.57. The molecule has 2 N–H and O–H groups in total. The number of aliphatic hydroxyl groups is 1. The van der Waals surface area contributed by atoms with Crippen LogP contribution in [0.25, 0.3) is 0 Å². The fourth-order valence-corrected chi connectivity index (χ4v) is 1.72. The molecule has 1 atom stereocenters. The minimum absolute atomic E-state index is 0.0901. The molecule has 0 fully saturated rings. The van der Waals surface area contributed by atoms with Gasteiger partial charge in [0.25, 0.3) is 0 Å². The smallest absolute Gasteiger partial charge is 0.348 e. The van der Waals surface area contributed by atoms with E-state index in [1.54, 1.807) is 0 Å². The Labute approximate surface area is 109 Å². The number of hydrogen-bond donors (Lipinski definition) is 2. The van der Waals surface area contributed by atoms with E-state index in [1.165, 1.54) is 6.33 Å². The number of nitrogens with one attached hydrogen (secondary N) is 1. The van der Waals surface area contributed by atoms with Crippen LogP contribution in [-0.4, -0.2) is 33.1 Å². The molecule has 0 aliphatic rings. The summed E-state index contributed by atoms with van der Waals surface area (Å²) >= 11 is 5.66. The molecule has 0 aliphatic heterocycles. The van der Waals surface area contributed by atoms with Gasteiger partial charge >= 0.3 is 5.69 Å². The van der Waals surface area contributed by atoms with Gasteiger partial charge in [0, 0.05) is 13.2 Å². The summed E-state index contributed by atoms with van der Waals surface area (Å²) in [4.78, 5) is 17.6. The second-order valence-electron chi connectivity index (χ2n) is 3.79. The Kier molecular flexibility index (Phi) is 5.73. The minimum atomic E-state index is -0.613. The Morgan fingerprint density at radius 2 is 2.33 bits per heavy atom. The maximum Gasteiger partial charge on any atom is 0.348 e. The third kappa shape index (κ3) is 3.78. The Morgan fingerprint density at radius 3 is 2.89 bits per heavy atom. The molecule has 18 heavy (non-hydrogen) atoms. The Bertz CT molecular complexity index is 416. The molecule has 100 valence electrons. The number of anilines is 1. The third-order valence-corrected chi connectivity index (χ3v) is 2.91. The van der Waals surface area contributed by atoms with Crippen molar-refractivity contribution in [1.29, 1.82) is 0 Å². The van der Waals surface area contributed by atoms with Crippen LogP contribution in [0.3, 0.4) is 0 Å². The molecule has 0 amide bonds. The lowest BCUT2D eigenvalue weighted by molar-refractivity contribution is -0.384. The van der Waals surface area contributed by atoms with Crippen molar-refractivity contribution in [2.24, 2.45) is 5.92 Å². The van der Waals surface area contributed by atoms with Crippen molar-refractivity contribution in [1.82, 2.24) is 9.97 Å². The van der Waals surface area contributed by atoms with E-state index < -0.39 is 4.92 Å². The van der Waals surface area contributed by atoms with Crippen LogP contribution in [-0.2, 0) is 0 Å². The molecular weight excluding hydrogens is 260 g/mol. The molecule has 8 heteroatoms. The number of nitrogens with zero attached hydrogens (tertiary/aromatic N) is 3. The first-order chi connectivity index (χ1) is 8.60. The number of nitro groups is 1. The largest absolute Gasteiger partial charge is 0.396 e. The summed E-state index contributed by atoms with van der Waals surface area (Å²) in [6, 6.07) is 0. The molecule has 0 bridgehead atoms. The Hall–Kier alpha value is -1.47. The molecule has 0 aromatic carbocycles. The molecule has 1 rings (SSSR count). The topological polar surface area (TPSA) is 101 Å². The van der Waals surface area contributed by atoms with Crippen molar-refractivity contribution in [3.05, 3.63) is 21.6 Å². The summed E-state index contributed by atoms with van der Waals surface area (Å²) in [5.41, 5.74) is -0.321. The van der Waals surface area contributed by atoms with E-state index >= 15 is 0 Å². The van der Waals surface area contributed by atoms with Crippen LogP contribution in [0.5, 0.6) is 0 Å². The number of aliphatic hydroxyl groups excluding tert-OH is 1. The van der Waals surface area contributed by atoms with Crippen molar-refractivity contribution >= 4 is 23.1 Å². The molecular formula is C10H15ClN4O3. The summed E-state index contributed by atoms with van der Waals surface area (Å²) in [5.74, 6) is 0.333. The Balaban J connectivity index is 2.78. The van der Waals surface area contributed by atoms with Gasteiger partial charge in [0.15, 0.2) is 0 Å². The van der Waals surface area contributed by atoms with E-state index in [2.05, 4.69) is 15.3 Å². The van der Waals surface area contributed by atoms with E-state index in [-0.39, 0.29) is 29.2 Å². The molecule has 1 aromatic rings. The third-order valence-electron chi connectivity index (χ3n) is 2.63. The zero-order valence-corrected chi connectivity index (χ0v) is 10.7. The highest BCUT2D eigenvalue weighted by molar-refractivity contribution is 6.31. The number of aromatic nitrogens is 2. The molecule has 0 aliphatic carbocycles. The zero-order chi connectivity index (χ0) is 13.5. The average molecular weight is 275 g/mol. The summed E-state index contributed by atoms with van der Waals surface area (Å²) < 4.78 is 0. The van der Waals surface area contributed by atoms with Crippen LogP contribution in [0.4, 0.5) is 11.5 Å². The van der Waals surface area contributed by atoms with Crippen molar-refractivity contribution in [3.8, 4) is 0 Å². The maximum absolute atomic E-state index is 10.8. The van der Waals surface area contributed by atoms with E-state index in [4.69, 9.17) is 16.7 Å². The van der Waals surface area contributed by atoms with Crippen LogP contribution in [0.15, 0.2) is 6.33 Å². The predicted molar refractivity (Wildman–Crippen MR) is 67.7 cm³/mol. The standard InChI is InChI=1S/C10H15ClN4O3/c1-2-7(3-4-16)5-12-10-8(15(17)18)9(11)13-6-14-10/h6-7,16H,2-5H2,1H3,(H,12,13,14). The fourth-order valence-electron chi connectivity index (χ4n) is 1.52. The number of hydrogen-bond acceptors (Lipinski definition) is 6. The highest BCUT2D eigenvalue weighted by atomic mass is 35.5.